The number of benzene rings is 2. The lowest BCUT2D eigenvalue weighted by Crippen LogP contribution is -2.44. The van der Waals surface area contributed by atoms with Gasteiger partial charge < -0.3 is 15.1 Å². The third-order valence-electron chi connectivity index (χ3n) is 5.54. The molecule has 1 aliphatic rings. The first kappa shape index (κ1) is 22.0. The Morgan fingerprint density at radius 1 is 1.16 bits per heavy atom. The van der Waals surface area contributed by atoms with E-state index in [1.165, 1.54) is 11.8 Å². The summed E-state index contributed by atoms with van der Waals surface area (Å²) in [5, 5.41) is 3.71. The third kappa shape index (κ3) is 5.33. The van der Waals surface area contributed by atoms with Crippen molar-refractivity contribution in [1.82, 2.24) is 14.9 Å². The summed E-state index contributed by atoms with van der Waals surface area (Å²) >= 11 is 6.39. The summed E-state index contributed by atoms with van der Waals surface area (Å²) < 4.78 is 0. The lowest BCUT2D eigenvalue weighted by Gasteiger charge is -2.34. The number of carbonyl (C=O) groups excluding carboxylic acids is 1. The molecule has 0 unspecified atom stereocenters. The van der Waals surface area contributed by atoms with Crippen LogP contribution in [0.15, 0.2) is 67.4 Å². The van der Waals surface area contributed by atoms with Crippen molar-refractivity contribution < 1.29 is 4.79 Å². The zero-order valence-electron chi connectivity index (χ0n) is 18.1. The first-order valence-corrected chi connectivity index (χ1v) is 11.0. The van der Waals surface area contributed by atoms with Crippen LogP contribution in [0.5, 0.6) is 0 Å². The van der Waals surface area contributed by atoms with Crippen LogP contribution in [0.25, 0.3) is 11.3 Å². The van der Waals surface area contributed by atoms with E-state index in [-0.39, 0.29) is 5.78 Å². The Bertz CT molecular complexity index is 1110. The van der Waals surface area contributed by atoms with Crippen LogP contribution in [0, 0.1) is 0 Å². The fourth-order valence-electron chi connectivity index (χ4n) is 3.68. The second-order valence-electron chi connectivity index (χ2n) is 7.90. The van der Waals surface area contributed by atoms with Gasteiger partial charge in [0.2, 0.25) is 5.95 Å². The van der Waals surface area contributed by atoms with Crippen LogP contribution >= 0.6 is 11.6 Å². The summed E-state index contributed by atoms with van der Waals surface area (Å²) in [6.45, 7) is 7.75. The Morgan fingerprint density at radius 3 is 2.62 bits per heavy atom. The van der Waals surface area contributed by atoms with Gasteiger partial charge in [-0.15, -0.1) is 0 Å². The number of halogens is 1. The van der Waals surface area contributed by atoms with Gasteiger partial charge in [0.25, 0.3) is 0 Å². The maximum atomic E-state index is 11.7. The van der Waals surface area contributed by atoms with Crippen molar-refractivity contribution in [2.45, 2.75) is 6.42 Å². The van der Waals surface area contributed by atoms with Crippen LogP contribution in [0.4, 0.5) is 17.3 Å². The molecule has 2 aromatic carbocycles. The highest BCUT2D eigenvalue weighted by Gasteiger charge is 2.14. The number of rotatable bonds is 7. The standard InChI is InChI=1S/C25H26ClN5O/c1-3-22(32)16-18-5-4-6-19(15-18)24-23(26)17-27-25(29-24)28-20-7-9-21(10-8-20)31-13-11-30(2)12-14-31/h3-10,15,17H,1,11-14,16H2,2H3,(H,27,28,29). The van der Waals surface area contributed by atoms with E-state index >= 15 is 0 Å². The lowest BCUT2D eigenvalue weighted by molar-refractivity contribution is -0.114. The van der Waals surface area contributed by atoms with Crippen LogP contribution in [-0.4, -0.2) is 53.9 Å². The van der Waals surface area contributed by atoms with E-state index in [9.17, 15) is 4.79 Å². The minimum Gasteiger partial charge on any atom is -0.369 e. The number of hydrogen-bond acceptors (Lipinski definition) is 6. The van der Waals surface area contributed by atoms with E-state index in [2.05, 4.69) is 50.8 Å². The van der Waals surface area contributed by atoms with E-state index in [0.29, 0.717) is 23.1 Å². The molecule has 0 atom stereocenters. The number of aromatic nitrogens is 2. The molecule has 1 fully saturated rings. The molecule has 1 aromatic heterocycles. The van der Waals surface area contributed by atoms with Crippen LogP contribution in [0.2, 0.25) is 5.02 Å². The van der Waals surface area contributed by atoms with E-state index < -0.39 is 0 Å². The average Bonchev–Trinajstić information content (AvgIpc) is 2.81. The quantitative estimate of drug-likeness (QED) is 0.534. The molecular weight excluding hydrogens is 422 g/mol. The second-order valence-corrected chi connectivity index (χ2v) is 8.31. The number of hydrogen-bond donors (Lipinski definition) is 1. The lowest BCUT2D eigenvalue weighted by atomic mass is 10.0. The van der Waals surface area contributed by atoms with Crippen LogP contribution < -0.4 is 10.2 Å². The molecule has 164 valence electrons. The summed E-state index contributed by atoms with van der Waals surface area (Å²) in [7, 11) is 2.15. The highest BCUT2D eigenvalue weighted by atomic mass is 35.5. The fourth-order valence-corrected chi connectivity index (χ4v) is 3.88. The second kappa shape index (κ2) is 9.94. The predicted molar refractivity (Wildman–Crippen MR) is 131 cm³/mol. The molecule has 6 nitrogen and oxygen atoms in total. The zero-order chi connectivity index (χ0) is 22.5. The molecule has 0 bridgehead atoms. The molecule has 0 radical (unpaired) electrons. The van der Waals surface area contributed by atoms with Gasteiger partial charge in [0, 0.05) is 49.5 Å². The first-order chi connectivity index (χ1) is 15.5. The number of nitrogens with zero attached hydrogens (tertiary/aromatic N) is 4. The molecule has 4 rings (SSSR count). The minimum atomic E-state index is -0.0293. The molecule has 0 amide bonds. The largest absolute Gasteiger partial charge is 0.369 e. The topological polar surface area (TPSA) is 61.4 Å². The number of piperazine rings is 1. The van der Waals surface area contributed by atoms with Crippen molar-refractivity contribution in [3.8, 4) is 11.3 Å². The Hall–Kier alpha value is -3.22. The number of likely N-dealkylation sites (N-methyl/N-ethyl adjacent to an activating group) is 1. The number of carbonyl (C=O) groups is 1. The molecule has 2 heterocycles. The van der Waals surface area contributed by atoms with Crippen molar-refractivity contribution >= 4 is 34.7 Å². The van der Waals surface area contributed by atoms with Crippen molar-refractivity contribution in [3.63, 3.8) is 0 Å². The van der Waals surface area contributed by atoms with Crippen molar-refractivity contribution in [2.75, 3.05) is 43.4 Å². The minimum absolute atomic E-state index is 0.0293. The van der Waals surface area contributed by atoms with Gasteiger partial charge in [0.05, 0.1) is 16.9 Å². The van der Waals surface area contributed by atoms with Gasteiger partial charge >= 0.3 is 0 Å². The maximum Gasteiger partial charge on any atom is 0.227 e. The number of allylic oxidation sites excluding steroid dienone is 1. The van der Waals surface area contributed by atoms with Gasteiger partial charge in [-0.3, -0.25) is 4.79 Å². The fraction of sp³-hybridized carbons (Fsp3) is 0.240. The first-order valence-electron chi connectivity index (χ1n) is 10.6. The number of nitrogens with one attached hydrogen (secondary N) is 1. The van der Waals surface area contributed by atoms with Crippen molar-refractivity contribution in [2.24, 2.45) is 0 Å². The van der Waals surface area contributed by atoms with Gasteiger partial charge in [-0.05, 0) is 49.0 Å². The third-order valence-corrected chi connectivity index (χ3v) is 5.82. The molecule has 7 heteroatoms. The van der Waals surface area contributed by atoms with Crippen molar-refractivity contribution in [1.29, 1.82) is 0 Å². The Balaban J connectivity index is 1.50. The Labute approximate surface area is 193 Å². The number of ketones is 1. The van der Waals surface area contributed by atoms with Gasteiger partial charge in [-0.25, -0.2) is 9.97 Å². The van der Waals surface area contributed by atoms with Gasteiger partial charge in [-0.1, -0.05) is 36.4 Å². The van der Waals surface area contributed by atoms with Gasteiger partial charge in [0.1, 0.15) is 0 Å². The maximum absolute atomic E-state index is 11.7. The van der Waals surface area contributed by atoms with E-state index in [0.717, 1.165) is 43.0 Å². The number of anilines is 3. The summed E-state index contributed by atoms with van der Waals surface area (Å²) in [5.74, 6) is 0.433. The molecule has 1 saturated heterocycles. The van der Waals surface area contributed by atoms with Crippen LogP contribution in [-0.2, 0) is 11.2 Å². The van der Waals surface area contributed by atoms with E-state index in [1.807, 2.05) is 36.4 Å². The molecule has 3 aromatic rings. The van der Waals surface area contributed by atoms with Crippen molar-refractivity contribution in [3.05, 3.63) is 78.0 Å². The highest BCUT2D eigenvalue weighted by molar-refractivity contribution is 6.32. The Kier molecular flexibility index (Phi) is 6.83. The molecule has 1 aliphatic heterocycles. The molecule has 1 N–H and O–H groups in total. The summed E-state index contributed by atoms with van der Waals surface area (Å²) in [6, 6.07) is 15.9. The highest BCUT2D eigenvalue weighted by Crippen LogP contribution is 2.28. The molecule has 0 saturated carbocycles. The molecule has 0 spiro atoms. The average molecular weight is 448 g/mol. The zero-order valence-corrected chi connectivity index (χ0v) is 18.8. The summed E-state index contributed by atoms with van der Waals surface area (Å²) in [4.78, 5) is 25.4. The van der Waals surface area contributed by atoms with E-state index in [1.54, 1.807) is 6.20 Å². The SMILES string of the molecule is C=CC(=O)Cc1cccc(-c2nc(Nc3ccc(N4CCN(C)CC4)cc3)ncc2Cl)c1. The monoisotopic (exact) mass is 447 g/mol. The van der Waals surface area contributed by atoms with Gasteiger partial charge in [0.15, 0.2) is 5.78 Å². The Morgan fingerprint density at radius 2 is 1.91 bits per heavy atom. The molecule has 0 aliphatic carbocycles. The summed E-state index contributed by atoms with van der Waals surface area (Å²) in [5.41, 5.74) is 4.45. The molecule has 32 heavy (non-hydrogen) atoms. The van der Waals surface area contributed by atoms with Crippen LogP contribution in [0.3, 0.4) is 0 Å². The van der Waals surface area contributed by atoms with Crippen LogP contribution in [0.1, 0.15) is 5.56 Å². The van der Waals surface area contributed by atoms with Gasteiger partial charge in [-0.2, -0.15) is 0 Å². The van der Waals surface area contributed by atoms with E-state index in [4.69, 9.17) is 11.6 Å². The normalized spacial score (nSPS) is 14.2. The predicted octanol–water partition coefficient (Wildman–Crippen LogP) is 4.59. The molecular formula is C25H26ClN5O. The smallest absolute Gasteiger partial charge is 0.227 e. The summed E-state index contributed by atoms with van der Waals surface area (Å²) in [6.07, 6.45) is 3.22.